The number of methoxy groups -OCH3 is 1. The van der Waals surface area contributed by atoms with Gasteiger partial charge in [0.05, 0.1) is 25.5 Å². The molecule has 0 saturated heterocycles. The van der Waals surface area contributed by atoms with E-state index >= 15 is 0 Å². The third kappa shape index (κ3) is 4.34. The molecule has 2 N–H and O–H groups in total. The number of amides is 1. The van der Waals surface area contributed by atoms with Crippen molar-refractivity contribution in [2.45, 2.75) is 13.5 Å². The zero-order valence-corrected chi connectivity index (χ0v) is 12.7. The van der Waals surface area contributed by atoms with Crippen LogP contribution in [0, 0.1) is 0 Å². The molecule has 0 radical (unpaired) electrons. The highest BCUT2D eigenvalue weighted by atomic mass is 79.9. The van der Waals surface area contributed by atoms with Crippen LogP contribution in [-0.2, 0) is 20.9 Å². The fourth-order valence-corrected chi connectivity index (χ4v) is 1.77. The van der Waals surface area contributed by atoms with Gasteiger partial charge in [-0.1, -0.05) is 0 Å². The largest absolute Gasteiger partial charge is 0.468 e. The number of aromatic nitrogens is 2. The van der Waals surface area contributed by atoms with E-state index in [-0.39, 0.29) is 23.5 Å². The van der Waals surface area contributed by atoms with Crippen LogP contribution >= 0.6 is 15.9 Å². The molecule has 110 valence electrons. The number of ether oxygens (including phenoxy) is 1. The van der Waals surface area contributed by atoms with Crippen LogP contribution in [0.1, 0.15) is 6.92 Å². The van der Waals surface area contributed by atoms with Crippen molar-refractivity contribution in [3.63, 3.8) is 0 Å². The zero-order valence-electron chi connectivity index (χ0n) is 11.1. The highest BCUT2D eigenvalue weighted by Gasteiger charge is 2.12. The average Bonchev–Trinajstić information content (AvgIpc) is 2.43. The summed E-state index contributed by atoms with van der Waals surface area (Å²) in [5.74, 6) is -0.771. The predicted molar refractivity (Wildman–Crippen MR) is 75.4 cm³/mol. The lowest BCUT2D eigenvalue weighted by atomic mass is 10.4. The number of carbonyl (C=O) groups excluding carboxylic acids is 2. The second-order valence-electron chi connectivity index (χ2n) is 3.72. The Morgan fingerprint density at radius 2 is 2.20 bits per heavy atom. The maximum absolute atomic E-state index is 11.9. The third-order valence-electron chi connectivity index (χ3n) is 2.30. The molecule has 0 spiro atoms. The number of anilines is 1. The molecule has 0 bridgehead atoms. The van der Waals surface area contributed by atoms with E-state index in [1.54, 1.807) is 0 Å². The molecule has 1 aromatic rings. The Labute approximate surface area is 123 Å². The summed E-state index contributed by atoms with van der Waals surface area (Å²) >= 11 is 3.11. The highest BCUT2D eigenvalue weighted by Crippen LogP contribution is 2.15. The molecule has 8 nitrogen and oxygen atoms in total. The zero-order chi connectivity index (χ0) is 15.1. The Bertz CT molecular complexity index is 558. The van der Waals surface area contributed by atoms with Gasteiger partial charge in [0, 0.05) is 6.54 Å². The second-order valence-corrected chi connectivity index (χ2v) is 4.51. The second kappa shape index (κ2) is 7.63. The Morgan fingerprint density at radius 3 is 2.80 bits per heavy atom. The molecule has 0 fully saturated rings. The van der Waals surface area contributed by atoms with E-state index < -0.39 is 11.5 Å². The molecular formula is C11H15BrN4O4. The average molecular weight is 347 g/mol. The topological polar surface area (TPSA) is 102 Å². The summed E-state index contributed by atoms with van der Waals surface area (Å²) in [7, 11) is 1.23. The summed E-state index contributed by atoms with van der Waals surface area (Å²) in [5.41, 5.74) is -0.112. The standard InChI is InChI=1S/C11H15BrN4O4/c1-3-13-8(17)5-14-7-4-15-16(6-9(18)20-2)11(19)10(7)12/h4,14H,3,5-6H2,1-2H3,(H,13,17). The molecule has 1 aromatic heterocycles. The SMILES string of the molecule is CCNC(=O)CNc1cnn(CC(=O)OC)c(=O)c1Br. The van der Waals surface area contributed by atoms with E-state index in [4.69, 9.17) is 0 Å². The summed E-state index contributed by atoms with van der Waals surface area (Å²) < 4.78 is 5.62. The van der Waals surface area contributed by atoms with Crippen LogP contribution in [0.5, 0.6) is 0 Å². The lowest BCUT2D eigenvalue weighted by Gasteiger charge is -2.09. The minimum atomic E-state index is -0.575. The van der Waals surface area contributed by atoms with Crippen LogP contribution < -0.4 is 16.2 Å². The van der Waals surface area contributed by atoms with Crippen molar-refractivity contribution in [2.24, 2.45) is 0 Å². The molecule has 0 aliphatic carbocycles. The Balaban J connectivity index is 2.81. The van der Waals surface area contributed by atoms with E-state index in [2.05, 4.69) is 36.4 Å². The summed E-state index contributed by atoms with van der Waals surface area (Å²) in [4.78, 5) is 34.3. The first-order valence-electron chi connectivity index (χ1n) is 5.82. The smallest absolute Gasteiger partial charge is 0.327 e. The number of nitrogens with zero attached hydrogens (tertiary/aromatic N) is 2. The number of likely N-dealkylation sites (N-methyl/N-ethyl adjacent to an activating group) is 1. The van der Waals surface area contributed by atoms with Crippen LogP contribution in [0.15, 0.2) is 15.5 Å². The van der Waals surface area contributed by atoms with E-state index in [1.807, 2.05) is 6.92 Å². The molecule has 0 unspecified atom stereocenters. The van der Waals surface area contributed by atoms with Gasteiger partial charge in [0.15, 0.2) is 0 Å². The maximum atomic E-state index is 11.9. The van der Waals surface area contributed by atoms with Gasteiger partial charge in [-0.05, 0) is 22.9 Å². The van der Waals surface area contributed by atoms with Gasteiger partial charge < -0.3 is 15.4 Å². The van der Waals surface area contributed by atoms with Crippen molar-refractivity contribution in [1.29, 1.82) is 0 Å². The monoisotopic (exact) mass is 346 g/mol. The molecule has 0 aromatic carbocycles. The number of hydrogen-bond acceptors (Lipinski definition) is 6. The van der Waals surface area contributed by atoms with E-state index in [1.165, 1.54) is 13.3 Å². The van der Waals surface area contributed by atoms with Crippen molar-refractivity contribution >= 4 is 33.5 Å². The molecule has 9 heteroatoms. The Kier molecular flexibility index (Phi) is 6.16. The summed E-state index contributed by atoms with van der Waals surface area (Å²) in [6.45, 7) is 2.09. The van der Waals surface area contributed by atoms with E-state index in [0.717, 1.165) is 4.68 Å². The maximum Gasteiger partial charge on any atom is 0.327 e. The first-order valence-corrected chi connectivity index (χ1v) is 6.61. The summed E-state index contributed by atoms with van der Waals surface area (Å²) in [5, 5.41) is 9.23. The van der Waals surface area contributed by atoms with Crippen molar-refractivity contribution in [3.05, 3.63) is 21.0 Å². The van der Waals surface area contributed by atoms with Crippen molar-refractivity contribution in [2.75, 3.05) is 25.5 Å². The lowest BCUT2D eigenvalue weighted by Crippen LogP contribution is -2.31. The molecular weight excluding hydrogens is 332 g/mol. The lowest BCUT2D eigenvalue weighted by molar-refractivity contribution is -0.141. The van der Waals surface area contributed by atoms with Gasteiger partial charge >= 0.3 is 5.97 Å². The fraction of sp³-hybridized carbons (Fsp3) is 0.455. The van der Waals surface area contributed by atoms with Crippen molar-refractivity contribution in [1.82, 2.24) is 15.1 Å². The predicted octanol–water partition coefficient (Wildman–Crippen LogP) is -0.273. The van der Waals surface area contributed by atoms with Crippen LogP contribution in [-0.4, -0.2) is 41.9 Å². The molecule has 0 aliphatic rings. The number of rotatable bonds is 6. The number of hydrogen-bond donors (Lipinski definition) is 2. The molecule has 20 heavy (non-hydrogen) atoms. The number of nitrogens with one attached hydrogen (secondary N) is 2. The first-order chi connectivity index (χ1) is 9.49. The molecule has 1 heterocycles. The number of halogens is 1. The van der Waals surface area contributed by atoms with Gasteiger partial charge in [-0.25, -0.2) is 4.68 Å². The van der Waals surface area contributed by atoms with Gasteiger partial charge in [-0.2, -0.15) is 5.10 Å². The fourth-order valence-electron chi connectivity index (χ4n) is 1.32. The molecule has 1 amide bonds. The van der Waals surface area contributed by atoms with Gasteiger partial charge in [0.25, 0.3) is 5.56 Å². The van der Waals surface area contributed by atoms with Crippen molar-refractivity contribution in [3.8, 4) is 0 Å². The quantitative estimate of drug-likeness (QED) is 0.687. The minimum Gasteiger partial charge on any atom is -0.468 e. The third-order valence-corrected chi connectivity index (χ3v) is 3.07. The molecule has 0 atom stereocenters. The van der Waals surface area contributed by atoms with Crippen LogP contribution in [0.2, 0.25) is 0 Å². The Morgan fingerprint density at radius 1 is 1.50 bits per heavy atom. The van der Waals surface area contributed by atoms with Gasteiger partial charge in [-0.3, -0.25) is 14.4 Å². The molecule has 1 rings (SSSR count). The summed E-state index contributed by atoms with van der Waals surface area (Å²) in [6, 6.07) is 0. The van der Waals surface area contributed by atoms with Crippen LogP contribution in [0.4, 0.5) is 5.69 Å². The highest BCUT2D eigenvalue weighted by molar-refractivity contribution is 9.10. The molecule has 0 saturated carbocycles. The van der Waals surface area contributed by atoms with Crippen LogP contribution in [0.25, 0.3) is 0 Å². The van der Waals surface area contributed by atoms with Crippen molar-refractivity contribution < 1.29 is 14.3 Å². The summed E-state index contributed by atoms with van der Waals surface area (Å²) in [6.07, 6.45) is 1.35. The normalized spacial score (nSPS) is 9.95. The van der Waals surface area contributed by atoms with Gasteiger partial charge in [0.2, 0.25) is 5.91 Å². The first kappa shape index (κ1) is 16.2. The minimum absolute atomic E-state index is 0.0224. The number of carbonyl (C=O) groups is 2. The van der Waals surface area contributed by atoms with Crippen LogP contribution in [0.3, 0.4) is 0 Å². The molecule has 0 aliphatic heterocycles. The number of esters is 1. The van der Waals surface area contributed by atoms with E-state index in [9.17, 15) is 14.4 Å². The van der Waals surface area contributed by atoms with E-state index in [0.29, 0.717) is 12.2 Å². The van der Waals surface area contributed by atoms with Gasteiger partial charge in [0.1, 0.15) is 11.0 Å². The van der Waals surface area contributed by atoms with Gasteiger partial charge in [-0.15, -0.1) is 0 Å². The Hall–Kier alpha value is -1.90.